The molecule has 0 saturated heterocycles. The van der Waals surface area contributed by atoms with E-state index in [0.29, 0.717) is 6.42 Å². The predicted octanol–water partition coefficient (Wildman–Crippen LogP) is 1.69. The maximum absolute atomic E-state index is 11.3. The van der Waals surface area contributed by atoms with Gasteiger partial charge in [-0.15, -0.1) is 0 Å². The van der Waals surface area contributed by atoms with E-state index in [-0.39, 0.29) is 5.97 Å². The van der Waals surface area contributed by atoms with Crippen molar-refractivity contribution in [1.29, 1.82) is 0 Å². The molecule has 0 saturated carbocycles. The first-order valence-corrected chi connectivity index (χ1v) is 4.15. The Bertz CT molecular complexity index is 170. The van der Waals surface area contributed by atoms with E-state index in [4.69, 9.17) is 4.74 Å². The molecule has 0 unspecified atom stereocenters. The van der Waals surface area contributed by atoms with E-state index in [1.165, 1.54) is 13.8 Å². The molecule has 0 aliphatic heterocycles. The Balaban J connectivity index is 0. The van der Waals surface area contributed by atoms with Gasteiger partial charge in [-0.1, -0.05) is 6.92 Å². The number of rotatable bonds is 3. The van der Waals surface area contributed by atoms with Gasteiger partial charge in [0.1, 0.15) is 0 Å². The number of carbonyl (C=O) groups excluding carboxylic acids is 1. The zero-order valence-electron chi connectivity index (χ0n) is 8.79. The Labute approximate surface area is 73.7 Å². The van der Waals surface area contributed by atoms with Crippen molar-refractivity contribution < 1.29 is 14.6 Å². The van der Waals surface area contributed by atoms with Crippen LogP contribution in [0.4, 0.5) is 0 Å². The van der Waals surface area contributed by atoms with E-state index in [2.05, 4.69) is 0 Å². The summed E-state index contributed by atoms with van der Waals surface area (Å²) in [6.07, 6.45) is 0.696. The van der Waals surface area contributed by atoms with Crippen LogP contribution in [-0.4, -0.2) is 16.9 Å². The van der Waals surface area contributed by atoms with Crippen molar-refractivity contribution in [2.75, 3.05) is 0 Å². The minimum atomic E-state index is -1.37. The molecule has 0 aromatic rings. The second-order valence-electron chi connectivity index (χ2n) is 4.07. The van der Waals surface area contributed by atoms with Gasteiger partial charge in [-0.2, -0.15) is 0 Å². The Kier molecular flexibility index (Phi) is 4.19. The van der Waals surface area contributed by atoms with E-state index in [1.54, 1.807) is 13.8 Å². The molecule has 0 spiro atoms. The monoisotopic (exact) mass is 423 g/mol. The van der Waals surface area contributed by atoms with Gasteiger partial charge in [0.2, 0.25) is 5.79 Å². The molecular weight excluding hydrogens is 407 g/mol. The third-order valence-electron chi connectivity index (χ3n) is 1.78. The Morgan fingerprint density at radius 1 is 1.31 bits per heavy atom. The number of ether oxygens (including phenoxy) is 1. The number of carbonyl (C=O) groups is 1. The number of aliphatic hydroxyl groups is 1. The van der Waals surface area contributed by atoms with E-state index in [1.807, 2.05) is 6.92 Å². The van der Waals surface area contributed by atoms with Crippen molar-refractivity contribution in [2.45, 2.75) is 46.8 Å². The van der Waals surface area contributed by atoms with Crippen LogP contribution in [0.2, 0.25) is 0 Å². The van der Waals surface area contributed by atoms with Crippen LogP contribution in [0.3, 0.4) is 0 Å². The zero-order valence-corrected chi connectivity index (χ0v) is 11.4. The molecule has 3 nitrogen and oxygen atoms in total. The molecule has 0 aliphatic rings. The summed E-state index contributed by atoms with van der Waals surface area (Å²) in [7, 11) is 0. The maximum Gasteiger partial charge on any atom is 0.313 e. The SMILES string of the molecule is CCC(C)(C)C(=O)OC(C)(C)O.[Cf]. The molecule has 0 radical (unpaired) electrons. The summed E-state index contributed by atoms with van der Waals surface area (Å²) in [5.74, 6) is -1.73. The first-order valence-electron chi connectivity index (χ1n) is 4.15. The van der Waals surface area contributed by atoms with E-state index < -0.39 is 11.2 Å². The Morgan fingerprint density at radius 3 is 1.92 bits per heavy atom. The van der Waals surface area contributed by atoms with Gasteiger partial charge in [0.25, 0.3) is 0 Å². The topological polar surface area (TPSA) is 46.5 Å². The fourth-order valence-corrected chi connectivity index (χ4v) is 0.509. The van der Waals surface area contributed by atoms with Crippen LogP contribution in [0.15, 0.2) is 0 Å². The molecule has 0 bridgehead atoms. The molecule has 0 aliphatic carbocycles. The fraction of sp³-hybridized carbons (Fsp3) is 0.889. The summed E-state index contributed by atoms with van der Waals surface area (Å²) in [5, 5.41) is 9.20. The molecular formula is C9H18CfO3. The second-order valence-corrected chi connectivity index (χ2v) is 4.07. The Hall–Kier alpha value is -1.57. The maximum atomic E-state index is 11.3. The first kappa shape index (κ1) is 14.0. The molecule has 0 aromatic carbocycles. The third kappa shape index (κ3) is 4.80. The Morgan fingerprint density at radius 2 is 1.69 bits per heavy atom. The molecule has 0 heterocycles. The minimum absolute atomic E-state index is 0. The van der Waals surface area contributed by atoms with Gasteiger partial charge in [-0.25, -0.2) is 0 Å². The largest absolute Gasteiger partial charge is 0.433 e. The van der Waals surface area contributed by atoms with Crippen molar-refractivity contribution in [3.8, 4) is 0 Å². The summed E-state index contributed by atoms with van der Waals surface area (Å²) >= 11 is 0. The molecule has 0 amide bonds. The van der Waals surface area contributed by atoms with Gasteiger partial charge >= 0.3 is 5.97 Å². The third-order valence-corrected chi connectivity index (χ3v) is 1.78. The van der Waals surface area contributed by atoms with Gasteiger partial charge in [0.05, 0.1) is 5.41 Å². The van der Waals surface area contributed by atoms with Crippen molar-refractivity contribution in [2.24, 2.45) is 5.41 Å². The van der Waals surface area contributed by atoms with Crippen LogP contribution in [-0.2, 0) is 9.53 Å². The van der Waals surface area contributed by atoms with Crippen LogP contribution >= 0.6 is 0 Å². The van der Waals surface area contributed by atoms with E-state index in [0.717, 1.165) is 0 Å². The molecule has 0 rings (SSSR count). The number of hydrogen-bond donors (Lipinski definition) is 1. The molecule has 0 aromatic heterocycles. The molecule has 0 fully saturated rings. The second kappa shape index (κ2) is 3.90. The van der Waals surface area contributed by atoms with E-state index in [9.17, 15) is 9.90 Å². The minimum Gasteiger partial charge on any atom is -0.433 e. The summed E-state index contributed by atoms with van der Waals surface area (Å²) in [4.78, 5) is 11.3. The summed E-state index contributed by atoms with van der Waals surface area (Å²) in [5.41, 5.74) is -0.514. The average molecular weight is 425 g/mol. The normalized spacial score (nSPS) is 11.8. The van der Waals surface area contributed by atoms with Crippen LogP contribution in [0, 0.1) is 5.41 Å². The molecule has 4 heteroatoms. The number of hydrogen-bond acceptors (Lipinski definition) is 3. The smallest absolute Gasteiger partial charge is 0.313 e. The van der Waals surface area contributed by atoms with Crippen LogP contribution in [0.25, 0.3) is 0 Å². The van der Waals surface area contributed by atoms with E-state index >= 15 is 0 Å². The zero-order chi connectivity index (χ0) is 9.99. The van der Waals surface area contributed by atoms with Crippen LogP contribution < -0.4 is 0 Å². The van der Waals surface area contributed by atoms with Gasteiger partial charge in [0, 0.05) is 13.8 Å². The standard InChI is InChI=1S/C9H18O3.Cf/c1-6-8(2,3)7(10)12-9(4,5)11;/h11H,6H2,1-5H3;. The van der Waals surface area contributed by atoms with Gasteiger partial charge in [-0.05, 0) is 20.3 Å². The average Bonchev–Trinajstić information content (AvgIpc) is 1.84. The number of esters is 1. The molecule has 1 N–H and O–H groups in total. The first-order chi connectivity index (χ1) is 5.19. The van der Waals surface area contributed by atoms with Gasteiger partial charge in [-0.3, -0.25) is 4.79 Å². The summed E-state index contributed by atoms with van der Waals surface area (Å²) < 4.78 is 4.81. The summed E-state index contributed by atoms with van der Waals surface area (Å²) in [6, 6.07) is 0. The summed E-state index contributed by atoms with van der Waals surface area (Å²) in [6.45, 7) is 8.38. The van der Waals surface area contributed by atoms with Crippen molar-refractivity contribution >= 4 is 5.97 Å². The molecule has 0 atom stereocenters. The van der Waals surface area contributed by atoms with Crippen molar-refractivity contribution in [3.63, 3.8) is 0 Å². The van der Waals surface area contributed by atoms with Gasteiger partial charge in [0.15, 0.2) is 0 Å². The van der Waals surface area contributed by atoms with Crippen LogP contribution in [0.5, 0.6) is 0 Å². The van der Waals surface area contributed by atoms with Crippen LogP contribution in [0.1, 0.15) is 41.0 Å². The quantitative estimate of drug-likeness (QED) is 0.553. The fourth-order valence-electron chi connectivity index (χ4n) is 0.509. The molecule has 82 valence electrons. The van der Waals surface area contributed by atoms with Crippen molar-refractivity contribution in [3.05, 3.63) is 0 Å². The van der Waals surface area contributed by atoms with Gasteiger partial charge < -0.3 is 9.84 Å². The van der Waals surface area contributed by atoms with Crippen molar-refractivity contribution in [1.82, 2.24) is 0 Å². The predicted molar refractivity (Wildman–Crippen MR) is 46.5 cm³/mol. The molecule has 13 heavy (non-hydrogen) atoms.